The summed E-state index contributed by atoms with van der Waals surface area (Å²) in [5.41, 5.74) is 0. The number of nitrogens with one attached hydrogen (secondary N) is 1. The molecule has 0 aromatic carbocycles. The minimum atomic E-state index is -0.840. The van der Waals surface area contributed by atoms with Crippen LogP contribution in [-0.2, 0) is 14.3 Å². The predicted molar refractivity (Wildman–Crippen MR) is 78.2 cm³/mol. The van der Waals surface area contributed by atoms with Gasteiger partial charge in [0.25, 0.3) is 0 Å². The van der Waals surface area contributed by atoms with Crippen molar-refractivity contribution >= 4 is 24.3 Å². The number of carbonyl (C=O) groups excluding carboxylic acids is 1. The highest BCUT2D eigenvalue weighted by atomic mass is 35.5. The number of carboxylic acid groups (broad SMARTS) is 1. The summed E-state index contributed by atoms with van der Waals surface area (Å²) in [5.74, 6) is -0.972. The zero-order valence-electron chi connectivity index (χ0n) is 12.0. The summed E-state index contributed by atoms with van der Waals surface area (Å²) in [4.78, 5) is 24.3. The van der Waals surface area contributed by atoms with Gasteiger partial charge in [-0.15, -0.1) is 12.4 Å². The van der Waals surface area contributed by atoms with Gasteiger partial charge in [-0.2, -0.15) is 0 Å². The number of unbranched alkanes of at least 4 members (excludes halogenated alkanes) is 1. The maximum Gasteiger partial charge on any atom is 0.320 e. The van der Waals surface area contributed by atoms with Crippen LogP contribution in [0.2, 0.25) is 0 Å². The second-order valence-corrected chi connectivity index (χ2v) is 4.78. The van der Waals surface area contributed by atoms with Crippen molar-refractivity contribution in [3.63, 3.8) is 0 Å². The summed E-state index contributed by atoms with van der Waals surface area (Å²) in [6.07, 6.45) is 3.59. The van der Waals surface area contributed by atoms with Crippen molar-refractivity contribution in [1.29, 1.82) is 0 Å². The zero-order chi connectivity index (χ0) is 14.1. The van der Waals surface area contributed by atoms with Gasteiger partial charge < -0.3 is 15.2 Å². The average molecular weight is 309 g/mol. The Bertz CT molecular complexity index is 302. The van der Waals surface area contributed by atoms with E-state index in [1.807, 2.05) is 0 Å². The lowest BCUT2D eigenvalue weighted by atomic mass is 10.2. The summed E-state index contributed by atoms with van der Waals surface area (Å²) in [6, 6.07) is -0.508. The van der Waals surface area contributed by atoms with E-state index in [0.717, 1.165) is 25.9 Å². The van der Waals surface area contributed by atoms with Gasteiger partial charge in [0.05, 0.1) is 13.2 Å². The van der Waals surface area contributed by atoms with Crippen LogP contribution in [0.3, 0.4) is 0 Å². The zero-order valence-corrected chi connectivity index (χ0v) is 12.8. The molecule has 1 fully saturated rings. The van der Waals surface area contributed by atoms with Crippen LogP contribution >= 0.6 is 12.4 Å². The number of amides is 1. The molecule has 7 heteroatoms. The molecule has 0 aliphatic carbocycles. The van der Waals surface area contributed by atoms with E-state index in [9.17, 15) is 9.59 Å². The number of hydrogen-bond donors (Lipinski definition) is 2. The molecule has 1 atom stereocenters. The summed E-state index contributed by atoms with van der Waals surface area (Å²) in [7, 11) is 0. The Hall–Kier alpha value is -0.850. The van der Waals surface area contributed by atoms with Crippen molar-refractivity contribution in [3.05, 3.63) is 0 Å². The van der Waals surface area contributed by atoms with E-state index in [4.69, 9.17) is 9.84 Å². The molecular weight excluding hydrogens is 284 g/mol. The van der Waals surface area contributed by atoms with Gasteiger partial charge in [0.15, 0.2) is 0 Å². The van der Waals surface area contributed by atoms with Crippen LogP contribution in [0.15, 0.2) is 0 Å². The quantitative estimate of drug-likeness (QED) is 0.619. The maximum absolute atomic E-state index is 11.7. The molecule has 1 aliphatic rings. The first kappa shape index (κ1) is 19.1. The third kappa shape index (κ3) is 7.07. The van der Waals surface area contributed by atoms with Gasteiger partial charge in [0.1, 0.15) is 6.04 Å². The molecule has 0 radical (unpaired) electrons. The minimum absolute atomic E-state index is 0. The largest absolute Gasteiger partial charge is 0.480 e. The minimum Gasteiger partial charge on any atom is -0.480 e. The molecular formula is C13H25ClN2O4. The van der Waals surface area contributed by atoms with Gasteiger partial charge in [-0.25, -0.2) is 0 Å². The number of carboxylic acids is 1. The van der Waals surface area contributed by atoms with Crippen molar-refractivity contribution in [3.8, 4) is 0 Å². The molecule has 0 aromatic rings. The molecule has 2 N–H and O–H groups in total. The third-order valence-electron chi connectivity index (χ3n) is 3.21. The molecule has 0 spiro atoms. The summed E-state index contributed by atoms with van der Waals surface area (Å²) >= 11 is 0. The highest BCUT2D eigenvalue weighted by Gasteiger charge is 2.31. The van der Waals surface area contributed by atoms with E-state index in [1.165, 1.54) is 0 Å². The van der Waals surface area contributed by atoms with Crippen molar-refractivity contribution in [2.75, 3.05) is 32.8 Å². The highest BCUT2D eigenvalue weighted by Crippen LogP contribution is 2.16. The first-order valence-corrected chi connectivity index (χ1v) is 6.96. The van der Waals surface area contributed by atoms with Crippen LogP contribution in [0, 0.1) is 0 Å². The molecule has 1 amide bonds. The molecule has 1 unspecified atom stereocenters. The van der Waals surface area contributed by atoms with Gasteiger partial charge >= 0.3 is 5.97 Å². The fourth-order valence-corrected chi connectivity index (χ4v) is 2.15. The first-order valence-electron chi connectivity index (χ1n) is 6.96. The fraction of sp³-hybridized carbons (Fsp3) is 0.846. The first-order chi connectivity index (χ1) is 9.15. The van der Waals surface area contributed by atoms with Gasteiger partial charge in [-0.1, -0.05) is 13.3 Å². The normalized spacial score (nSPS) is 18.6. The summed E-state index contributed by atoms with van der Waals surface area (Å²) in [5, 5.41) is 11.7. The van der Waals surface area contributed by atoms with E-state index in [2.05, 4.69) is 12.2 Å². The summed E-state index contributed by atoms with van der Waals surface area (Å²) < 4.78 is 5.33. The lowest BCUT2D eigenvalue weighted by Gasteiger charge is -2.20. The lowest BCUT2D eigenvalue weighted by Crippen LogP contribution is -2.43. The topological polar surface area (TPSA) is 78.9 Å². The van der Waals surface area contributed by atoms with Crippen LogP contribution in [0.1, 0.15) is 32.6 Å². The molecule has 0 saturated carbocycles. The van der Waals surface area contributed by atoms with Gasteiger partial charge in [-0.05, 0) is 25.8 Å². The van der Waals surface area contributed by atoms with E-state index in [1.54, 1.807) is 4.90 Å². The molecule has 1 heterocycles. The Morgan fingerprint density at radius 3 is 2.80 bits per heavy atom. The van der Waals surface area contributed by atoms with Crippen LogP contribution < -0.4 is 5.32 Å². The number of ether oxygens (including phenoxy) is 1. The molecule has 1 aliphatic heterocycles. The second kappa shape index (κ2) is 10.9. The second-order valence-electron chi connectivity index (χ2n) is 4.78. The standard InChI is InChI=1S/C13H24N2O4.ClH/c1-2-3-8-19-9-6-14-12(16)10-15-7-4-5-11(15)13(17)18;/h11H,2-10H2,1H3,(H,14,16)(H,17,18);1H. The van der Waals surface area contributed by atoms with Gasteiger partial charge in [0, 0.05) is 13.2 Å². The molecule has 20 heavy (non-hydrogen) atoms. The lowest BCUT2D eigenvalue weighted by molar-refractivity contribution is -0.142. The van der Waals surface area contributed by atoms with E-state index in [-0.39, 0.29) is 24.9 Å². The van der Waals surface area contributed by atoms with Crippen LogP contribution in [-0.4, -0.2) is 60.8 Å². The van der Waals surface area contributed by atoms with E-state index >= 15 is 0 Å². The number of hydrogen-bond acceptors (Lipinski definition) is 4. The predicted octanol–water partition coefficient (Wildman–Crippen LogP) is 0.890. The Kier molecular flexibility index (Phi) is 10.4. The fourth-order valence-electron chi connectivity index (χ4n) is 2.15. The van der Waals surface area contributed by atoms with Crippen LogP contribution in [0.5, 0.6) is 0 Å². The highest BCUT2D eigenvalue weighted by molar-refractivity contribution is 5.85. The van der Waals surface area contributed by atoms with E-state index in [0.29, 0.717) is 26.1 Å². The van der Waals surface area contributed by atoms with Crippen molar-refractivity contribution in [1.82, 2.24) is 10.2 Å². The van der Waals surface area contributed by atoms with Crippen molar-refractivity contribution in [2.45, 2.75) is 38.6 Å². The Morgan fingerprint density at radius 2 is 2.15 bits per heavy atom. The number of likely N-dealkylation sites (tertiary alicyclic amines) is 1. The summed E-state index contributed by atoms with van der Waals surface area (Å²) in [6.45, 7) is 4.64. The number of aliphatic carboxylic acids is 1. The smallest absolute Gasteiger partial charge is 0.320 e. The number of halogens is 1. The monoisotopic (exact) mass is 308 g/mol. The molecule has 1 rings (SSSR count). The number of rotatable bonds is 9. The molecule has 6 nitrogen and oxygen atoms in total. The van der Waals surface area contributed by atoms with E-state index < -0.39 is 12.0 Å². The van der Waals surface area contributed by atoms with Gasteiger partial charge in [0.2, 0.25) is 5.91 Å². The molecule has 1 saturated heterocycles. The Labute approximate surface area is 126 Å². The Morgan fingerprint density at radius 1 is 1.40 bits per heavy atom. The average Bonchev–Trinajstić information content (AvgIpc) is 2.81. The molecule has 0 bridgehead atoms. The number of carbonyl (C=O) groups is 2. The van der Waals surface area contributed by atoms with Gasteiger partial charge in [-0.3, -0.25) is 14.5 Å². The third-order valence-corrected chi connectivity index (χ3v) is 3.21. The molecule has 118 valence electrons. The SMILES string of the molecule is CCCCOCCNC(=O)CN1CCCC1C(=O)O.Cl. The van der Waals surface area contributed by atoms with Crippen LogP contribution in [0.25, 0.3) is 0 Å². The van der Waals surface area contributed by atoms with Crippen LogP contribution in [0.4, 0.5) is 0 Å². The Balaban J connectivity index is 0.00000361. The maximum atomic E-state index is 11.7. The number of nitrogens with zero attached hydrogens (tertiary/aromatic N) is 1. The van der Waals surface area contributed by atoms with Crippen molar-refractivity contribution < 1.29 is 19.4 Å². The van der Waals surface area contributed by atoms with Crippen molar-refractivity contribution in [2.24, 2.45) is 0 Å². The molecule has 0 aromatic heterocycles.